The summed E-state index contributed by atoms with van der Waals surface area (Å²) < 4.78 is 13.5. The summed E-state index contributed by atoms with van der Waals surface area (Å²) in [6.07, 6.45) is 5.02. The minimum absolute atomic E-state index is 0.239. The van der Waals surface area contributed by atoms with Crippen LogP contribution in [0.25, 0.3) is 0 Å². The van der Waals surface area contributed by atoms with Gasteiger partial charge in [0.05, 0.1) is 11.9 Å². The number of nitrogens with two attached hydrogens (primary N) is 1. The molecule has 0 aromatic carbocycles. The van der Waals surface area contributed by atoms with Gasteiger partial charge in [-0.2, -0.15) is 0 Å². The van der Waals surface area contributed by atoms with Gasteiger partial charge in [0.2, 0.25) is 0 Å². The van der Waals surface area contributed by atoms with E-state index in [1.54, 1.807) is 0 Å². The molecular formula is C10H14FN3. The molecule has 4 heteroatoms. The van der Waals surface area contributed by atoms with E-state index in [0.29, 0.717) is 5.69 Å². The highest BCUT2D eigenvalue weighted by Gasteiger charge is 2.14. The lowest BCUT2D eigenvalue weighted by Crippen LogP contribution is -2.30. The molecule has 14 heavy (non-hydrogen) atoms. The third-order valence-electron chi connectivity index (χ3n) is 2.55. The van der Waals surface area contributed by atoms with E-state index in [4.69, 9.17) is 5.73 Å². The van der Waals surface area contributed by atoms with Crippen LogP contribution in [0.1, 0.15) is 19.3 Å². The van der Waals surface area contributed by atoms with Crippen molar-refractivity contribution in [2.75, 3.05) is 23.7 Å². The highest BCUT2D eigenvalue weighted by Crippen LogP contribution is 2.22. The molecule has 2 rings (SSSR count). The van der Waals surface area contributed by atoms with Gasteiger partial charge in [-0.25, -0.2) is 9.37 Å². The standard InChI is InChI=1S/C10H14FN3/c11-8-6-10(12)13-7-9(8)14-4-2-1-3-5-14/h6-7H,1-5H2,(H2,12,13). The fourth-order valence-corrected chi connectivity index (χ4v) is 1.81. The second-order valence-corrected chi connectivity index (χ2v) is 3.61. The van der Waals surface area contributed by atoms with Crippen LogP contribution in [0.2, 0.25) is 0 Å². The zero-order valence-electron chi connectivity index (χ0n) is 8.04. The molecule has 3 nitrogen and oxygen atoms in total. The van der Waals surface area contributed by atoms with E-state index in [0.717, 1.165) is 25.9 Å². The van der Waals surface area contributed by atoms with Crippen molar-refractivity contribution in [1.29, 1.82) is 0 Å². The summed E-state index contributed by atoms with van der Waals surface area (Å²) in [5.41, 5.74) is 5.97. The summed E-state index contributed by atoms with van der Waals surface area (Å²) in [7, 11) is 0. The second-order valence-electron chi connectivity index (χ2n) is 3.61. The summed E-state index contributed by atoms with van der Waals surface area (Å²) in [6, 6.07) is 1.28. The number of aromatic nitrogens is 1. The first-order valence-corrected chi connectivity index (χ1v) is 4.93. The smallest absolute Gasteiger partial charge is 0.151 e. The van der Waals surface area contributed by atoms with Crippen LogP contribution in [0.3, 0.4) is 0 Å². The van der Waals surface area contributed by atoms with Crippen LogP contribution in [-0.4, -0.2) is 18.1 Å². The molecule has 2 heterocycles. The van der Waals surface area contributed by atoms with Gasteiger partial charge in [0.15, 0.2) is 5.82 Å². The molecule has 0 saturated carbocycles. The minimum Gasteiger partial charge on any atom is -0.384 e. The Morgan fingerprint density at radius 1 is 1.29 bits per heavy atom. The monoisotopic (exact) mass is 195 g/mol. The van der Waals surface area contributed by atoms with Crippen LogP contribution in [0, 0.1) is 5.82 Å². The number of nitrogens with zero attached hydrogens (tertiary/aromatic N) is 2. The lowest BCUT2D eigenvalue weighted by Gasteiger charge is -2.28. The van der Waals surface area contributed by atoms with E-state index in [9.17, 15) is 4.39 Å². The van der Waals surface area contributed by atoms with Crippen LogP contribution in [-0.2, 0) is 0 Å². The Balaban J connectivity index is 2.22. The van der Waals surface area contributed by atoms with Crippen molar-refractivity contribution in [3.8, 4) is 0 Å². The molecule has 0 radical (unpaired) electrons. The molecule has 1 fully saturated rings. The molecule has 0 aliphatic carbocycles. The van der Waals surface area contributed by atoms with Crippen molar-refractivity contribution in [1.82, 2.24) is 4.98 Å². The van der Waals surface area contributed by atoms with Crippen LogP contribution in [0.4, 0.5) is 15.9 Å². The second kappa shape index (κ2) is 3.82. The fraction of sp³-hybridized carbons (Fsp3) is 0.500. The zero-order valence-corrected chi connectivity index (χ0v) is 8.04. The SMILES string of the molecule is Nc1cc(F)c(N2CCCCC2)cn1. The maximum Gasteiger partial charge on any atom is 0.151 e. The number of anilines is 2. The minimum atomic E-state index is -0.264. The molecule has 0 amide bonds. The number of pyridine rings is 1. The quantitative estimate of drug-likeness (QED) is 0.742. The van der Waals surface area contributed by atoms with Gasteiger partial charge in [-0.15, -0.1) is 0 Å². The molecule has 1 aromatic rings. The highest BCUT2D eigenvalue weighted by molar-refractivity contribution is 5.49. The number of nitrogen functional groups attached to an aromatic ring is 1. The maximum atomic E-state index is 13.5. The normalized spacial score (nSPS) is 17.1. The molecule has 0 atom stereocenters. The topological polar surface area (TPSA) is 42.1 Å². The van der Waals surface area contributed by atoms with Gasteiger partial charge in [-0.3, -0.25) is 0 Å². The van der Waals surface area contributed by atoms with E-state index < -0.39 is 0 Å². The first kappa shape index (κ1) is 9.24. The summed E-state index contributed by atoms with van der Waals surface area (Å²) in [6.45, 7) is 1.84. The Hall–Kier alpha value is -1.32. The van der Waals surface area contributed by atoms with Gasteiger partial charge in [0, 0.05) is 19.2 Å². The molecule has 1 saturated heterocycles. The summed E-state index contributed by atoms with van der Waals surface area (Å²) in [5.74, 6) is -0.0253. The fourth-order valence-electron chi connectivity index (χ4n) is 1.81. The molecule has 1 aromatic heterocycles. The van der Waals surface area contributed by atoms with E-state index in [-0.39, 0.29) is 11.6 Å². The van der Waals surface area contributed by atoms with Gasteiger partial charge < -0.3 is 10.6 Å². The Morgan fingerprint density at radius 2 is 2.00 bits per heavy atom. The van der Waals surface area contributed by atoms with Crippen LogP contribution < -0.4 is 10.6 Å². The largest absolute Gasteiger partial charge is 0.384 e. The predicted molar refractivity (Wildman–Crippen MR) is 54.7 cm³/mol. The lowest BCUT2D eigenvalue weighted by molar-refractivity contribution is 0.556. The van der Waals surface area contributed by atoms with Gasteiger partial charge in [0.25, 0.3) is 0 Å². The van der Waals surface area contributed by atoms with Crippen LogP contribution in [0.5, 0.6) is 0 Å². The first-order valence-electron chi connectivity index (χ1n) is 4.93. The zero-order chi connectivity index (χ0) is 9.97. The molecule has 0 unspecified atom stereocenters. The predicted octanol–water partition coefficient (Wildman–Crippen LogP) is 1.79. The van der Waals surface area contributed by atoms with Gasteiger partial charge >= 0.3 is 0 Å². The third-order valence-corrected chi connectivity index (χ3v) is 2.55. The molecule has 1 aliphatic rings. The summed E-state index contributed by atoms with van der Waals surface area (Å²) in [4.78, 5) is 5.94. The van der Waals surface area contributed by atoms with E-state index in [2.05, 4.69) is 4.98 Å². The number of halogens is 1. The van der Waals surface area contributed by atoms with Crippen molar-refractivity contribution < 1.29 is 4.39 Å². The molecule has 1 aliphatic heterocycles. The highest BCUT2D eigenvalue weighted by atomic mass is 19.1. The van der Waals surface area contributed by atoms with Crippen LogP contribution in [0.15, 0.2) is 12.3 Å². The van der Waals surface area contributed by atoms with Crippen molar-refractivity contribution in [2.45, 2.75) is 19.3 Å². The number of hydrogen-bond acceptors (Lipinski definition) is 3. The molecule has 0 bridgehead atoms. The van der Waals surface area contributed by atoms with Crippen molar-refractivity contribution in [3.63, 3.8) is 0 Å². The lowest BCUT2D eigenvalue weighted by atomic mass is 10.1. The van der Waals surface area contributed by atoms with E-state index in [1.807, 2.05) is 4.90 Å². The van der Waals surface area contributed by atoms with Gasteiger partial charge in [-0.05, 0) is 19.3 Å². The number of hydrogen-bond donors (Lipinski definition) is 1. The van der Waals surface area contributed by atoms with E-state index in [1.165, 1.54) is 18.7 Å². The van der Waals surface area contributed by atoms with Crippen molar-refractivity contribution in [2.24, 2.45) is 0 Å². The third kappa shape index (κ3) is 1.78. The number of rotatable bonds is 1. The molecule has 76 valence electrons. The molecule has 2 N–H and O–H groups in total. The van der Waals surface area contributed by atoms with Gasteiger partial charge in [0.1, 0.15) is 5.82 Å². The van der Waals surface area contributed by atoms with Gasteiger partial charge in [-0.1, -0.05) is 0 Å². The van der Waals surface area contributed by atoms with E-state index >= 15 is 0 Å². The summed E-state index contributed by atoms with van der Waals surface area (Å²) >= 11 is 0. The summed E-state index contributed by atoms with van der Waals surface area (Å²) in [5, 5.41) is 0. The Bertz CT molecular complexity index is 321. The Labute approximate surface area is 82.7 Å². The molecule has 0 spiro atoms. The first-order chi connectivity index (χ1) is 6.77. The Kier molecular flexibility index (Phi) is 2.52. The maximum absolute atomic E-state index is 13.5. The number of piperidine rings is 1. The average molecular weight is 195 g/mol. The molecular weight excluding hydrogens is 181 g/mol. The Morgan fingerprint density at radius 3 is 2.64 bits per heavy atom. The van der Waals surface area contributed by atoms with Crippen LogP contribution >= 0.6 is 0 Å². The van der Waals surface area contributed by atoms with Crippen molar-refractivity contribution >= 4 is 11.5 Å². The van der Waals surface area contributed by atoms with Crippen molar-refractivity contribution in [3.05, 3.63) is 18.1 Å². The average Bonchev–Trinajstić information content (AvgIpc) is 2.19.